The first-order valence-electron chi connectivity index (χ1n) is 7.22. The predicted molar refractivity (Wildman–Crippen MR) is 92.6 cm³/mol. The number of benzene rings is 2. The summed E-state index contributed by atoms with van der Waals surface area (Å²) in [6.45, 7) is 0.588. The zero-order chi connectivity index (χ0) is 16.5. The van der Waals surface area contributed by atoms with Crippen molar-refractivity contribution in [3.63, 3.8) is 0 Å². The lowest BCUT2D eigenvalue weighted by Gasteiger charge is -2.07. The summed E-state index contributed by atoms with van der Waals surface area (Å²) in [5.41, 5.74) is 2.36. The third kappa shape index (κ3) is 5.04. The summed E-state index contributed by atoms with van der Waals surface area (Å²) in [7, 11) is 1.59. The lowest BCUT2D eigenvalue weighted by molar-refractivity contribution is 0.0956. The summed E-state index contributed by atoms with van der Waals surface area (Å²) in [6, 6.07) is 16.8. The maximum Gasteiger partial charge on any atom is 0.251 e. The fraction of sp³-hybridized carbons (Fsp3) is 0.222. The van der Waals surface area contributed by atoms with Crippen LogP contribution in [0.2, 0.25) is 0 Å². The first-order valence-corrected chi connectivity index (χ1v) is 8.38. The normalized spacial score (nSPS) is 9.91. The summed E-state index contributed by atoms with van der Waals surface area (Å²) in [5.74, 6) is 2.20. The second kappa shape index (κ2) is 8.86. The molecule has 0 bridgehead atoms. The Morgan fingerprint density at radius 1 is 1.22 bits per heavy atom. The molecule has 0 saturated carbocycles. The number of rotatable bonds is 7. The molecular weight excluding hydrogens is 308 g/mol. The second-order valence-electron chi connectivity index (χ2n) is 4.81. The van der Waals surface area contributed by atoms with Crippen molar-refractivity contribution in [1.82, 2.24) is 5.32 Å². The van der Waals surface area contributed by atoms with E-state index in [1.165, 1.54) is 0 Å². The van der Waals surface area contributed by atoms with Gasteiger partial charge >= 0.3 is 0 Å². The molecule has 2 aromatic rings. The molecule has 0 heterocycles. The highest BCUT2D eigenvalue weighted by atomic mass is 32.2. The zero-order valence-electron chi connectivity index (χ0n) is 12.9. The second-order valence-corrected chi connectivity index (χ2v) is 5.91. The number of nitrogens with one attached hydrogen (secondary N) is 1. The highest BCUT2D eigenvalue weighted by Gasteiger charge is 2.05. The molecule has 0 atom stereocenters. The Balaban J connectivity index is 1.72. The van der Waals surface area contributed by atoms with Gasteiger partial charge in [0.05, 0.1) is 18.7 Å². The van der Waals surface area contributed by atoms with Crippen LogP contribution < -0.4 is 10.1 Å². The predicted octanol–water partition coefficient (Wildman–Crippen LogP) is 3.23. The van der Waals surface area contributed by atoms with Crippen LogP contribution >= 0.6 is 11.8 Å². The van der Waals surface area contributed by atoms with Gasteiger partial charge in [0.15, 0.2) is 0 Å². The molecule has 0 unspecified atom stereocenters. The van der Waals surface area contributed by atoms with Crippen LogP contribution in [0.1, 0.15) is 21.5 Å². The first kappa shape index (κ1) is 16.9. The first-order chi connectivity index (χ1) is 11.2. The molecular formula is C18H18N2O2S. The van der Waals surface area contributed by atoms with Gasteiger partial charge in [0.25, 0.3) is 5.91 Å². The molecule has 0 aliphatic heterocycles. The molecule has 0 aliphatic carbocycles. The van der Waals surface area contributed by atoms with Crippen LogP contribution in [0.25, 0.3) is 0 Å². The minimum atomic E-state index is -0.0920. The topological polar surface area (TPSA) is 62.1 Å². The minimum Gasteiger partial charge on any atom is -0.497 e. The fourth-order valence-corrected chi connectivity index (χ4v) is 2.88. The zero-order valence-corrected chi connectivity index (χ0v) is 13.7. The van der Waals surface area contributed by atoms with E-state index in [0.717, 1.165) is 22.8 Å². The molecule has 118 valence electrons. The van der Waals surface area contributed by atoms with Gasteiger partial charge in [0.2, 0.25) is 0 Å². The molecule has 0 saturated heterocycles. The van der Waals surface area contributed by atoms with Gasteiger partial charge in [0.1, 0.15) is 5.75 Å². The number of nitriles is 1. The van der Waals surface area contributed by atoms with Gasteiger partial charge in [0, 0.05) is 23.6 Å². The smallest absolute Gasteiger partial charge is 0.251 e. The van der Waals surface area contributed by atoms with Crippen LogP contribution in [0.15, 0.2) is 48.5 Å². The summed E-state index contributed by atoms with van der Waals surface area (Å²) in [4.78, 5) is 12.0. The highest BCUT2D eigenvalue weighted by Crippen LogP contribution is 2.15. The maximum absolute atomic E-state index is 12.0. The fourth-order valence-electron chi connectivity index (χ4n) is 2.02. The summed E-state index contributed by atoms with van der Waals surface area (Å²) in [6.07, 6.45) is 0. The van der Waals surface area contributed by atoms with Crippen molar-refractivity contribution in [1.29, 1.82) is 5.26 Å². The van der Waals surface area contributed by atoms with Crippen molar-refractivity contribution in [3.05, 3.63) is 65.2 Å². The van der Waals surface area contributed by atoms with Gasteiger partial charge in [-0.1, -0.05) is 18.2 Å². The Labute approximate surface area is 140 Å². The van der Waals surface area contributed by atoms with Crippen molar-refractivity contribution in [2.45, 2.75) is 5.75 Å². The van der Waals surface area contributed by atoms with Crippen molar-refractivity contribution < 1.29 is 9.53 Å². The maximum atomic E-state index is 12.0. The molecule has 5 heteroatoms. The number of thioether (sulfide) groups is 1. The molecule has 0 aliphatic rings. The highest BCUT2D eigenvalue weighted by molar-refractivity contribution is 7.98. The van der Waals surface area contributed by atoms with E-state index in [0.29, 0.717) is 17.7 Å². The van der Waals surface area contributed by atoms with Crippen molar-refractivity contribution in [3.8, 4) is 11.8 Å². The van der Waals surface area contributed by atoms with Crippen molar-refractivity contribution >= 4 is 17.7 Å². The molecule has 2 rings (SSSR count). The van der Waals surface area contributed by atoms with E-state index in [-0.39, 0.29) is 5.91 Å². The Hall–Kier alpha value is -2.45. The largest absolute Gasteiger partial charge is 0.497 e. The van der Waals surface area contributed by atoms with E-state index in [1.807, 2.05) is 24.3 Å². The Morgan fingerprint density at radius 2 is 1.96 bits per heavy atom. The van der Waals surface area contributed by atoms with Crippen LogP contribution in [-0.4, -0.2) is 25.3 Å². The van der Waals surface area contributed by atoms with Gasteiger partial charge in [-0.25, -0.2) is 0 Å². The third-order valence-corrected chi connectivity index (χ3v) is 4.29. The Morgan fingerprint density at radius 3 is 2.65 bits per heavy atom. The number of amides is 1. The Bertz CT molecular complexity index is 693. The van der Waals surface area contributed by atoms with Crippen molar-refractivity contribution in [2.75, 3.05) is 19.4 Å². The molecule has 1 amide bonds. The lowest BCUT2D eigenvalue weighted by atomic mass is 10.1. The number of carbonyl (C=O) groups is 1. The number of carbonyl (C=O) groups excluding carboxylic acids is 1. The van der Waals surface area contributed by atoms with E-state index >= 15 is 0 Å². The number of hydrogen-bond donors (Lipinski definition) is 1. The van der Waals surface area contributed by atoms with Gasteiger partial charge in [-0.2, -0.15) is 17.0 Å². The molecule has 0 aromatic heterocycles. The molecule has 0 spiro atoms. The van der Waals surface area contributed by atoms with Gasteiger partial charge in [-0.3, -0.25) is 4.79 Å². The van der Waals surface area contributed by atoms with E-state index in [1.54, 1.807) is 43.1 Å². The minimum absolute atomic E-state index is 0.0920. The third-order valence-electron chi connectivity index (χ3n) is 3.28. The molecule has 0 fully saturated rings. The average Bonchev–Trinajstić information content (AvgIpc) is 2.61. The molecule has 0 radical (unpaired) electrons. The van der Waals surface area contributed by atoms with E-state index in [2.05, 4.69) is 11.4 Å². The Kier molecular flexibility index (Phi) is 6.52. The van der Waals surface area contributed by atoms with Crippen LogP contribution in [-0.2, 0) is 5.75 Å². The summed E-state index contributed by atoms with van der Waals surface area (Å²) < 4.78 is 5.06. The van der Waals surface area contributed by atoms with Crippen LogP contribution in [0.4, 0.5) is 0 Å². The molecule has 2 aromatic carbocycles. The van der Waals surface area contributed by atoms with E-state index in [4.69, 9.17) is 10.00 Å². The van der Waals surface area contributed by atoms with Gasteiger partial charge in [-0.15, -0.1) is 0 Å². The standard InChI is InChI=1S/C18H18N2O2S/c1-22-17-8-6-14(7-9-17)18(21)20-10-11-23-13-16-5-3-2-4-15(16)12-19/h2-9H,10-11,13H2,1H3,(H,20,21). The lowest BCUT2D eigenvalue weighted by Crippen LogP contribution is -2.25. The monoisotopic (exact) mass is 326 g/mol. The summed E-state index contributed by atoms with van der Waals surface area (Å²) >= 11 is 1.69. The SMILES string of the molecule is COc1ccc(C(=O)NCCSCc2ccccc2C#N)cc1. The summed E-state index contributed by atoms with van der Waals surface area (Å²) in [5, 5.41) is 11.9. The molecule has 4 nitrogen and oxygen atoms in total. The quantitative estimate of drug-likeness (QED) is 0.794. The van der Waals surface area contributed by atoms with Gasteiger partial charge < -0.3 is 10.1 Å². The van der Waals surface area contributed by atoms with Crippen molar-refractivity contribution in [2.24, 2.45) is 0 Å². The van der Waals surface area contributed by atoms with Crippen LogP contribution in [0, 0.1) is 11.3 Å². The average molecular weight is 326 g/mol. The molecule has 1 N–H and O–H groups in total. The van der Waals surface area contributed by atoms with E-state index in [9.17, 15) is 4.79 Å². The van der Waals surface area contributed by atoms with Gasteiger partial charge in [-0.05, 0) is 35.9 Å². The van der Waals surface area contributed by atoms with Crippen LogP contribution in [0.3, 0.4) is 0 Å². The number of nitrogens with zero attached hydrogens (tertiary/aromatic N) is 1. The molecule has 23 heavy (non-hydrogen) atoms. The number of ether oxygens (including phenoxy) is 1. The van der Waals surface area contributed by atoms with E-state index < -0.39 is 0 Å². The number of hydrogen-bond acceptors (Lipinski definition) is 4. The number of methoxy groups -OCH3 is 1. The van der Waals surface area contributed by atoms with Crippen LogP contribution in [0.5, 0.6) is 5.75 Å².